The Morgan fingerprint density at radius 3 is 2.80 bits per heavy atom. The van der Waals surface area contributed by atoms with Gasteiger partial charge >= 0.3 is 0 Å². The van der Waals surface area contributed by atoms with E-state index in [1.54, 1.807) is 6.92 Å². The van der Waals surface area contributed by atoms with Gasteiger partial charge in [0.2, 0.25) is 5.89 Å². The van der Waals surface area contributed by atoms with Crippen molar-refractivity contribution in [2.24, 2.45) is 0 Å². The fraction of sp³-hybridized carbons (Fsp3) is 0.556. The molecule has 15 heavy (non-hydrogen) atoms. The van der Waals surface area contributed by atoms with Crippen LogP contribution in [0.2, 0.25) is 0 Å². The largest absolute Gasteiger partial charge is 0.448 e. The van der Waals surface area contributed by atoms with E-state index in [1.165, 1.54) is 6.26 Å². The first-order chi connectivity index (χ1) is 6.95. The van der Waals surface area contributed by atoms with E-state index in [9.17, 15) is 13.2 Å². The minimum Gasteiger partial charge on any atom is -0.448 e. The highest BCUT2D eigenvalue weighted by Gasteiger charge is 2.43. The molecule has 0 aromatic carbocycles. The molecule has 1 aliphatic rings. The normalized spacial score (nSPS) is 29.1. The van der Waals surface area contributed by atoms with E-state index in [0.29, 0.717) is 18.6 Å². The molecule has 1 saturated heterocycles. The highest BCUT2D eigenvalue weighted by molar-refractivity contribution is 7.91. The van der Waals surface area contributed by atoms with E-state index in [2.05, 4.69) is 4.98 Å². The lowest BCUT2D eigenvalue weighted by Gasteiger charge is -2.16. The standard InChI is InChI=1S/C9H11NO4S/c1-9(2-3-15(12,13)6-9)8-10-7(4-11)5-14-8/h4-5H,2-3,6H2,1H3. The minimum atomic E-state index is -2.99. The molecule has 2 rings (SSSR count). The van der Waals surface area contributed by atoms with Crippen molar-refractivity contribution in [2.75, 3.05) is 11.5 Å². The summed E-state index contributed by atoms with van der Waals surface area (Å²) in [6.45, 7) is 1.79. The van der Waals surface area contributed by atoms with E-state index >= 15 is 0 Å². The van der Waals surface area contributed by atoms with Crippen LogP contribution in [0.25, 0.3) is 0 Å². The Balaban J connectivity index is 2.35. The molecule has 2 heterocycles. The summed E-state index contributed by atoms with van der Waals surface area (Å²) in [6, 6.07) is 0. The maximum atomic E-state index is 11.4. The molecular formula is C9H11NO4S. The van der Waals surface area contributed by atoms with Gasteiger partial charge in [0.05, 0.1) is 16.9 Å². The molecule has 0 amide bonds. The van der Waals surface area contributed by atoms with Gasteiger partial charge in [0.1, 0.15) is 12.0 Å². The second-order valence-electron chi connectivity index (χ2n) is 4.10. The number of nitrogens with zero attached hydrogens (tertiary/aromatic N) is 1. The molecule has 5 nitrogen and oxygen atoms in total. The van der Waals surface area contributed by atoms with Gasteiger partial charge in [0.15, 0.2) is 16.1 Å². The van der Waals surface area contributed by atoms with Gasteiger partial charge in [-0.2, -0.15) is 0 Å². The van der Waals surface area contributed by atoms with Gasteiger partial charge in [-0.05, 0) is 13.3 Å². The van der Waals surface area contributed by atoms with Gasteiger partial charge in [-0.25, -0.2) is 13.4 Å². The number of carbonyl (C=O) groups is 1. The van der Waals surface area contributed by atoms with Gasteiger partial charge in [-0.1, -0.05) is 0 Å². The van der Waals surface area contributed by atoms with Crippen LogP contribution in [0.3, 0.4) is 0 Å². The van der Waals surface area contributed by atoms with Crippen molar-refractivity contribution in [3.63, 3.8) is 0 Å². The van der Waals surface area contributed by atoms with E-state index in [0.717, 1.165) is 0 Å². The topological polar surface area (TPSA) is 77.2 Å². The molecule has 0 N–H and O–H groups in total. The third-order valence-electron chi connectivity index (χ3n) is 2.66. The summed E-state index contributed by atoms with van der Waals surface area (Å²) < 4.78 is 27.8. The van der Waals surface area contributed by atoms with Crippen LogP contribution in [0.1, 0.15) is 29.7 Å². The summed E-state index contributed by atoms with van der Waals surface area (Å²) in [4.78, 5) is 14.4. The summed E-state index contributed by atoms with van der Waals surface area (Å²) in [5.74, 6) is 0.534. The first kappa shape index (κ1) is 10.4. The van der Waals surface area contributed by atoms with E-state index in [-0.39, 0.29) is 17.2 Å². The van der Waals surface area contributed by atoms with Crippen molar-refractivity contribution in [2.45, 2.75) is 18.8 Å². The molecule has 0 radical (unpaired) electrons. The molecule has 1 unspecified atom stereocenters. The zero-order valence-corrected chi connectivity index (χ0v) is 9.08. The van der Waals surface area contributed by atoms with Crippen LogP contribution >= 0.6 is 0 Å². The molecule has 0 saturated carbocycles. The highest BCUT2D eigenvalue weighted by Crippen LogP contribution is 2.34. The van der Waals surface area contributed by atoms with Gasteiger partial charge in [-0.15, -0.1) is 0 Å². The number of hydrogen-bond donors (Lipinski definition) is 0. The first-order valence-electron chi connectivity index (χ1n) is 4.57. The number of oxazole rings is 1. The van der Waals surface area contributed by atoms with Crippen molar-refractivity contribution in [1.29, 1.82) is 0 Å². The zero-order chi connectivity index (χ0) is 11.1. The summed E-state index contributed by atoms with van der Waals surface area (Å²) in [6.07, 6.45) is 2.33. The smallest absolute Gasteiger partial charge is 0.201 e. The fourth-order valence-electron chi connectivity index (χ4n) is 1.80. The molecular weight excluding hydrogens is 218 g/mol. The van der Waals surface area contributed by atoms with Gasteiger partial charge < -0.3 is 4.42 Å². The predicted octanol–water partition coefficient (Wildman–Crippen LogP) is 0.563. The maximum Gasteiger partial charge on any atom is 0.201 e. The molecule has 0 bridgehead atoms. The van der Waals surface area contributed by atoms with E-state index in [4.69, 9.17) is 4.42 Å². The first-order valence-corrected chi connectivity index (χ1v) is 6.39. The summed E-state index contributed by atoms with van der Waals surface area (Å²) in [5, 5.41) is 0. The SMILES string of the molecule is CC1(c2nc(C=O)co2)CCS(=O)(=O)C1. The number of rotatable bonds is 2. The van der Waals surface area contributed by atoms with Gasteiger partial charge in [0, 0.05) is 0 Å². The molecule has 0 aliphatic carbocycles. The number of carbonyl (C=O) groups excluding carboxylic acids is 1. The van der Waals surface area contributed by atoms with Crippen LogP contribution in [-0.2, 0) is 15.3 Å². The molecule has 1 aromatic heterocycles. The highest BCUT2D eigenvalue weighted by atomic mass is 32.2. The molecule has 82 valence electrons. The second kappa shape index (κ2) is 3.16. The summed E-state index contributed by atoms with van der Waals surface area (Å²) in [5.41, 5.74) is -0.379. The number of hydrogen-bond acceptors (Lipinski definition) is 5. The minimum absolute atomic E-state index is 0.0405. The van der Waals surface area contributed by atoms with Crippen molar-refractivity contribution >= 4 is 16.1 Å². The Morgan fingerprint density at radius 2 is 2.33 bits per heavy atom. The van der Waals surface area contributed by atoms with E-state index in [1.807, 2.05) is 0 Å². The van der Waals surface area contributed by atoms with Crippen LogP contribution in [0.5, 0.6) is 0 Å². The van der Waals surface area contributed by atoms with Gasteiger partial charge in [0.25, 0.3) is 0 Å². The molecule has 1 aliphatic heterocycles. The van der Waals surface area contributed by atoms with Crippen molar-refractivity contribution < 1.29 is 17.6 Å². The Bertz CT molecular complexity index is 490. The van der Waals surface area contributed by atoms with Crippen LogP contribution in [0.15, 0.2) is 10.7 Å². The van der Waals surface area contributed by atoms with E-state index < -0.39 is 15.3 Å². The number of aldehydes is 1. The molecule has 1 aromatic rings. The second-order valence-corrected chi connectivity index (χ2v) is 6.28. The van der Waals surface area contributed by atoms with Crippen LogP contribution < -0.4 is 0 Å². The van der Waals surface area contributed by atoms with Gasteiger partial charge in [-0.3, -0.25) is 4.79 Å². The maximum absolute atomic E-state index is 11.4. The lowest BCUT2D eigenvalue weighted by Crippen LogP contribution is -2.23. The molecule has 1 fully saturated rings. The number of aromatic nitrogens is 1. The third kappa shape index (κ3) is 1.81. The van der Waals surface area contributed by atoms with Crippen molar-refractivity contribution in [1.82, 2.24) is 4.98 Å². The Kier molecular flexibility index (Phi) is 2.18. The average Bonchev–Trinajstić information content (AvgIpc) is 2.71. The fourth-order valence-corrected chi connectivity index (χ4v) is 3.94. The Labute approximate surface area is 87.4 Å². The van der Waals surface area contributed by atoms with Crippen LogP contribution in [0, 0.1) is 0 Å². The molecule has 1 atom stereocenters. The van der Waals surface area contributed by atoms with Crippen LogP contribution in [0.4, 0.5) is 0 Å². The summed E-state index contributed by atoms with van der Waals surface area (Å²) >= 11 is 0. The monoisotopic (exact) mass is 229 g/mol. The Hall–Kier alpha value is -1.17. The van der Waals surface area contributed by atoms with Crippen molar-refractivity contribution in [3.05, 3.63) is 17.8 Å². The lowest BCUT2D eigenvalue weighted by molar-refractivity contribution is 0.111. The quantitative estimate of drug-likeness (QED) is 0.692. The lowest BCUT2D eigenvalue weighted by atomic mass is 9.90. The number of sulfone groups is 1. The predicted molar refractivity (Wildman–Crippen MR) is 52.5 cm³/mol. The average molecular weight is 229 g/mol. The summed E-state index contributed by atoms with van der Waals surface area (Å²) in [7, 11) is -2.99. The van der Waals surface area contributed by atoms with Crippen molar-refractivity contribution in [3.8, 4) is 0 Å². The zero-order valence-electron chi connectivity index (χ0n) is 8.26. The molecule has 6 heteroatoms. The third-order valence-corrected chi connectivity index (χ3v) is 4.57. The molecule has 0 spiro atoms. The Morgan fingerprint density at radius 1 is 1.60 bits per heavy atom. The van der Waals surface area contributed by atoms with Crippen LogP contribution in [-0.4, -0.2) is 31.2 Å².